The van der Waals surface area contributed by atoms with Crippen molar-refractivity contribution >= 4 is 11.9 Å². The monoisotopic (exact) mass is 215 g/mol. The van der Waals surface area contributed by atoms with Crippen LogP contribution in [-0.4, -0.2) is 36.7 Å². The first-order chi connectivity index (χ1) is 7.06. The maximum absolute atomic E-state index is 11.5. The Labute approximate surface area is 88.8 Å². The van der Waals surface area contributed by atoms with E-state index in [0.29, 0.717) is 13.0 Å². The SMILES string of the molecule is COCCC(C)NC(=O)C1CC1C(=O)O. The van der Waals surface area contributed by atoms with E-state index in [1.54, 1.807) is 7.11 Å². The van der Waals surface area contributed by atoms with Crippen LogP contribution in [0.2, 0.25) is 0 Å². The highest BCUT2D eigenvalue weighted by Crippen LogP contribution is 2.38. The van der Waals surface area contributed by atoms with Gasteiger partial charge in [0.2, 0.25) is 5.91 Å². The molecular formula is C10H17NO4. The maximum atomic E-state index is 11.5. The fourth-order valence-electron chi connectivity index (χ4n) is 1.47. The Bertz CT molecular complexity index is 254. The number of nitrogens with one attached hydrogen (secondary N) is 1. The molecule has 2 N–H and O–H groups in total. The van der Waals surface area contributed by atoms with Crippen molar-refractivity contribution in [3.05, 3.63) is 0 Å². The van der Waals surface area contributed by atoms with Crippen molar-refractivity contribution in [3.8, 4) is 0 Å². The summed E-state index contributed by atoms with van der Waals surface area (Å²) in [5.41, 5.74) is 0. The van der Waals surface area contributed by atoms with Gasteiger partial charge in [0.1, 0.15) is 0 Å². The molecule has 0 saturated heterocycles. The van der Waals surface area contributed by atoms with Crippen LogP contribution >= 0.6 is 0 Å². The Morgan fingerprint density at radius 3 is 2.67 bits per heavy atom. The third kappa shape index (κ3) is 3.51. The van der Waals surface area contributed by atoms with Crippen molar-refractivity contribution in [2.45, 2.75) is 25.8 Å². The predicted octanol–water partition coefficient (Wildman–Crippen LogP) is 0.248. The number of carbonyl (C=O) groups excluding carboxylic acids is 1. The summed E-state index contributed by atoms with van der Waals surface area (Å²) in [6, 6.07) is 0.0347. The lowest BCUT2D eigenvalue weighted by Gasteiger charge is -2.12. The minimum atomic E-state index is -0.875. The third-order valence-corrected chi connectivity index (χ3v) is 2.59. The molecule has 3 unspecified atom stereocenters. The lowest BCUT2D eigenvalue weighted by atomic mass is 10.2. The van der Waals surface area contributed by atoms with Gasteiger partial charge in [-0.3, -0.25) is 9.59 Å². The molecule has 0 aromatic heterocycles. The molecule has 0 radical (unpaired) electrons. The number of carboxylic acids is 1. The number of ether oxygens (including phenoxy) is 1. The van der Waals surface area contributed by atoms with Crippen LogP contribution < -0.4 is 5.32 Å². The van der Waals surface area contributed by atoms with Crippen LogP contribution in [0.15, 0.2) is 0 Å². The van der Waals surface area contributed by atoms with Crippen molar-refractivity contribution in [1.29, 1.82) is 0 Å². The highest BCUT2D eigenvalue weighted by Gasteiger charge is 2.48. The van der Waals surface area contributed by atoms with Crippen molar-refractivity contribution in [2.75, 3.05) is 13.7 Å². The summed E-state index contributed by atoms with van der Waals surface area (Å²) in [6.45, 7) is 2.48. The minimum absolute atomic E-state index is 0.0347. The van der Waals surface area contributed by atoms with Crippen LogP contribution in [0.3, 0.4) is 0 Å². The molecule has 1 aliphatic carbocycles. The van der Waals surface area contributed by atoms with Gasteiger partial charge < -0.3 is 15.2 Å². The van der Waals surface area contributed by atoms with Crippen LogP contribution in [0.5, 0.6) is 0 Å². The molecule has 5 heteroatoms. The molecule has 0 heterocycles. The zero-order chi connectivity index (χ0) is 11.4. The first-order valence-electron chi connectivity index (χ1n) is 5.08. The van der Waals surface area contributed by atoms with E-state index >= 15 is 0 Å². The summed E-state index contributed by atoms with van der Waals surface area (Å²) in [5, 5.41) is 11.4. The van der Waals surface area contributed by atoms with Gasteiger partial charge in [-0.1, -0.05) is 0 Å². The molecule has 1 saturated carbocycles. The Balaban J connectivity index is 2.22. The van der Waals surface area contributed by atoms with Crippen LogP contribution in [-0.2, 0) is 14.3 Å². The summed E-state index contributed by atoms with van der Waals surface area (Å²) in [6.07, 6.45) is 1.21. The zero-order valence-electron chi connectivity index (χ0n) is 9.03. The fourth-order valence-corrected chi connectivity index (χ4v) is 1.47. The van der Waals surface area contributed by atoms with Crippen molar-refractivity contribution in [2.24, 2.45) is 11.8 Å². The summed E-state index contributed by atoms with van der Waals surface area (Å²) in [7, 11) is 1.61. The third-order valence-electron chi connectivity index (χ3n) is 2.59. The smallest absolute Gasteiger partial charge is 0.307 e. The van der Waals surface area contributed by atoms with Crippen LogP contribution in [0, 0.1) is 11.8 Å². The minimum Gasteiger partial charge on any atom is -0.481 e. The number of carboxylic acid groups (broad SMARTS) is 1. The first kappa shape index (κ1) is 12.0. The summed E-state index contributed by atoms with van der Waals surface area (Å²) in [5.74, 6) is -1.82. The van der Waals surface area contributed by atoms with Crippen molar-refractivity contribution < 1.29 is 19.4 Å². The normalized spacial score (nSPS) is 25.7. The van der Waals surface area contributed by atoms with Gasteiger partial charge >= 0.3 is 5.97 Å². The van der Waals surface area contributed by atoms with Crippen LogP contribution in [0.4, 0.5) is 0 Å². The quantitative estimate of drug-likeness (QED) is 0.666. The standard InChI is InChI=1S/C10H17NO4/c1-6(3-4-15-2)11-9(12)7-5-8(7)10(13)14/h6-8H,3-5H2,1-2H3,(H,11,12)(H,13,14). The van der Waals surface area contributed by atoms with Crippen LogP contribution in [0.1, 0.15) is 19.8 Å². The molecule has 3 atom stereocenters. The summed E-state index contributed by atoms with van der Waals surface area (Å²) < 4.78 is 4.88. The molecule has 0 bridgehead atoms. The second-order valence-electron chi connectivity index (χ2n) is 3.98. The number of methoxy groups -OCH3 is 1. The molecule has 15 heavy (non-hydrogen) atoms. The molecule has 5 nitrogen and oxygen atoms in total. The average Bonchev–Trinajstić information content (AvgIpc) is 2.93. The second-order valence-corrected chi connectivity index (χ2v) is 3.98. The van der Waals surface area contributed by atoms with Gasteiger partial charge in [-0.25, -0.2) is 0 Å². The van der Waals surface area contributed by atoms with E-state index in [1.807, 2.05) is 6.92 Å². The van der Waals surface area contributed by atoms with Gasteiger partial charge in [0.25, 0.3) is 0 Å². The lowest BCUT2D eigenvalue weighted by Crippen LogP contribution is -2.35. The Kier molecular flexibility index (Phi) is 4.08. The van der Waals surface area contributed by atoms with Gasteiger partial charge in [-0.2, -0.15) is 0 Å². The molecule has 1 aliphatic rings. The van der Waals surface area contributed by atoms with E-state index in [-0.39, 0.29) is 17.9 Å². The average molecular weight is 215 g/mol. The number of hydrogen-bond acceptors (Lipinski definition) is 3. The summed E-state index contributed by atoms with van der Waals surface area (Å²) in [4.78, 5) is 22.0. The second kappa shape index (κ2) is 5.11. The molecule has 0 aliphatic heterocycles. The number of amides is 1. The van der Waals surface area contributed by atoms with Crippen LogP contribution in [0.25, 0.3) is 0 Å². The number of rotatable bonds is 6. The molecule has 1 rings (SSSR count). The van der Waals surface area contributed by atoms with Gasteiger partial charge in [-0.15, -0.1) is 0 Å². The Hall–Kier alpha value is -1.10. The van der Waals surface area contributed by atoms with Gasteiger partial charge in [0.05, 0.1) is 11.8 Å². The predicted molar refractivity (Wildman–Crippen MR) is 53.3 cm³/mol. The number of aliphatic carboxylic acids is 1. The molecular weight excluding hydrogens is 198 g/mol. The first-order valence-corrected chi connectivity index (χ1v) is 5.08. The van der Waals surface area contributed by atoms with E-state index in [2.05, 4.69) is 5.32 Å². The Morgan fingerprint density at radius 1 is 1.53 bits per heavy atom. The van der Waals surface area contributed by atoms with E-state index in [9.17, 15) is 9.59 Å². The topological polar surface area (TPSA) is 75.6 Å². The molecule has 86 valence electrons. The van der Waals surface area contributed by atoms with Crippen molar-refractivity contribution in [3.63, 3.8) is 0 Å². The van der Waals surface area contributed by atoms with Gasteiger partial charge in [0.15, 0.2) is 0 Å². The lowest BCUT2D eigenvalue weighted by molar-refractivity contribution is -0.140. The number of hydrogen-bond donors (Lipinski definition) is 2. The molecule has 0 aromatic rings. The van der Waals surface area contributed by atoms with Crippen molar-refractivity contribution in [1.82, 2.24) is 5.32 Å². The van der Waals surface area contributed by atoms with Gasteiger partial charge in [-0.05, 0) is 19.8 Å². The van der Waals surface area contributed by atoms with E-state index in [4.69, 9.17) is 9.84 Å². The number of carbonyl (C=O) groups is 2. The highest BCUT2D eigenvalue weighted by molar-refractivity contribution is 5.89. The van der Waals surface area contributed by atoms with E-state index < -0.39 is 11.9 Å². The van der Waals surface area contributed by atoms with Gasteiger partial charge in [0, 0.05) is 19.8 Å². The summed E-state index contributed by atoms with van der Waals surface area (Å²) >= 11 is 0. The molecule has 0 aromatic carbocycles. The molecule has 0 spiro atoms. The van der Waals surface area contributed by atoms with E-state index in [0.717, 1.165) is 6.42 Å². The Morgan fingerprint density at radius 2 is 2.20 bits per heavy atom. The highest BCUT2D eigenvalue weighted by atomic mass is 16.5. The largest absolute Gasteiger partial charge is 0.481 e. The van der Waals surface area contributed by atoms with E-state index in [1.165, 1.54) is 0 Å². The molecule has 1 amide bonds. The molecule has 1 fully saturated rings. The maximum Gasteiger partial charge on any atom is 0.307 e. The zero-order valence-corrected chi connectivity index (χ0v) is 9.03. The fraction of sp³-hybridized carbons (Fsp3) is 0.800.